The Morgan fingerprint density at radius 3 is 2.46 bits per heavy atom. The molecule has 1 aliphatic carbocycles. The molecular weight excluding hydrogens is 326 g/mol. The smallest absolute Gasteiger partial charge is 0.281 e. The van der Waals surface area contributed by atoms with Gasteiger partial charge >= 0.3 is 0 Å². The van der Waals surface area contributed by atoms with E-state index < -0.39 is 5.56 Å². The molecule has 4 nitrogen and oxygen atoms in total. The average molecular weight is 338 g/mol. The van der Waals surface area contributed by atoms with Crippen LogP contribution in [0.1, 0.15) is 13.3 Å². The van der Waals surface area contributed by atoms with E-state index in [1.807, 2.05) is 0 Å². The van der Waals surface area contributed by atoms with Gasteiger partial charge in [-0.15, -0.1) is 0 Å². The van der Waals surface area contributed by atoms with Gasteiger partial charge in [0.25, 0.3) is 5.56 Å². The van der Waals surface area contributed by atoms with Crippen molar-refractivity contribution in [3.05, 3.63) is 77.7 Å². The van der Waals surface area contributed by atoms with Crippen LogP contribution in [0.15, 0.2) is 46.0 Å². The Hall–Kier alpha value is -2.72. The number of rotatable bonds is 1. The quantitative estimate of drug-likeness (QED) is 0.580. The van der Waals surface area contributed by atoms with Crippen LogP contribution in [0.5, 0.6) is 0 Å². The van der Waals surface area contributed by atoms with Crippen molar-refractivity contribution in [2.45, 2.75) is 13.3 Å². The molecule has 1 aliphatic heterocycles. The zero-order valence-electron chi connectivity index (χ0n) is 12.8. The minimum Gasteiger partial charge on any atom is -0.511 e. The summed E-state index contributed by atoms with van der Waals surface area (Å²) in [5.41, 5.74) is -0.383. The molecule has 0 saturated carbocycles. The molecule has 118 valence electrons. The highest BCUT2D eigenvalue weighted by Crippen LogP contribution is 2.23. The highest BCUT2D eigenvalue weighted by molar-refractivity contribution is 6.34. The van der Waals surface area contributed by atoms with Gasteiger partial charge in [-0.3, -0.25) is 9.59 Å². The summed E-state index contributed by atoms with van der Waals surface area (Å²) >= 11 is 6.21. The van der Waals surface area contributed by atoms with Gasteiger partial charge in [0, 0.05) is 27.6 Å². The number of aromatic nitrogens is 1. The molecule has 0 spiro atoms. The van der Waals surface area contributed by atoms with Gasteiger partial charge in [0.15, 0.2) is 5.43 Å². The second-order valence-electron chi connectivity index (χ2n) is 5.66. The third-order valence-electron chi connectivity index (χ3n) is 4.37. The summed E-state index contributed by atoms with van der Waals surface area (Å²) in [4.78, 5) is 29.4. The fraction of sp³-hybridized carbons (Fsp3) is 0.105. The minimum absolute atomic E-state index is 0.0422. The molecule has 0 saturated heterocycles. The maximum atomic E-state index is 12.8. The fourth-order valence-corrected chi connectivity index (χ4v) is 3.46. The van der Waals surface area contributed by atoms with Gasteiger partial charge in [-0.1, -0.05) is 42.8 Å². The van der Waals surface area contributed by atoms with Crippen LogP contribution in [-0.2, 0) is 0 Å². The lowest BCUT2D eigenvalue weighted by atomic mass is 9.98. The number of fused-ring (bicyclic) bond motifs is 2. The van der Waals surface area contributed by atoms with Gasteiger partial charge in [0.2, 0.25) is 0 Å². The largest absolute Gasteiger partial charge is 0.511 e. The molecule has 0 unspecified atom stereocenters. The lowest BCUT2D eigenvalue weighted by Gasteiger charge is -2.07. The zero-order valence-corrected chi connectivity index (χ0v) is 13.5. The summed E-state index contributed by atoms with van der Waals surface area (Å²) in [5.74, 6) is -0.0422. The van der Waals surface area contributed by atoms with Crippen LogP contribution in [0, 0.1) is 10.4 Å². The number of hydrogen-bond donors (Lipinski definition) is 1. The first kappa shape index (κ1) is 14.8. The summed E-state index contributed by atoms with van der Waals surface area (Å²) in [6.07, 6.45) is 0.293. The molecule has 2 aromatic carbocycles. The first-order chi connectivity index (χ1) is 11.5. The molecule has 0 aromatic heterocycles. The maximum absolute atomic E-state index is 12.8. The number of benzene rings is 2. The van der Waals surface area contributed by atoms with Gasteiger partial charge < -0.3 is 5.11 Å². The second-order valence-corrected chi connectivity index (χ2v) is 6.07. The Bertz CT molecular complexity index is 1350. The number of aliphatic hydroxyl groups excluding tert-OH is 1. The van der Waals surface area contributed by atoms with Crippen molar-refractivity contribution >= 4 is 39.0 Å². The monoisotopic (exact) mass is 337 g/mol. The molecule has 0 radical (unpaired) electrons. The van der Waals surface area contributed by atoms with Crippen molar-refractivity contribution in [2.24, 2.45) is 0 Å². The predicted octanol–water partition coefficient (Wildman–Crippen LogP) is 2.72. The third-order valence-corrected chi connectivity index (χ3v) is 4.67. The van der Waals surface area contributed by atoms with Gasteiger partial charge in [-0.2, -0.15) is 0 Å². The van der Waals surface area contributed by atoms with E-state index in [4.69, 9.17) is 11.6 Å². The zero-order chi connectivity index (χ0) is 17.0. The van der Waals surface area contributed by atoms with Crippen molar-refractivity contribution in [3.8, 4) is 0 Å². The molecular formula is C19H12ClNO3. The molecule has 2 aromatic rings. The van der Waals surface area contributed by atoms with Gasteiger partial charge in [0.1, 0.15) is 5.76 Å². The van der Waals surface area contributed by atoms with Crippen molar-refractivity contribution in [1.29, 1.82) is 0 Å². The lowest BCUT2D eigenvalue weighted by molar-refractivity contribution is 0.482. The van der Waals surface area contributed by atoms with Crippen molar-refractivity contribution in [3.63, 3.8) is 0 Å². The minimum atomic E-state index is -0.542. The summed E-state index contributed by atoms with van der Waals surface area (Å²) in [6.45, 7) is 1.75. The SMILES string of the molecule is CC/C(O)=c1\c(=O)nc2c(Cl)ccc3c2=c1c1ccccc1c3=O. The Morgan fingerprint density at radius 2 is 1.75 bits per heavy atom. The van der Waals surface area contributed by atoms with E-state index in [2.05, 4.69) is 4.98 Å². The Balaban J connectivity index is 2.66. The topological polar surface area (TPSA) is 67.3 Å². The Morgan fingerprint density at radius 1 is 1.04 bits per heavy atom. The second kappa shape index (κ2) is 5.14. The van der Waals surface area contributed by atoms with E-state index >= 15 is 0 Å². The molecule has 2 aliphatic rings. The number of nitrogens with zero attached hydrogens (tertiary/aromatic N) is 1. The van der Waals surface area contributed by atoms with Crippen LogP contribution in [0.3, 0.4) is 0 Å². The molecule has 1 N–H and O–H groups in total. The molecule has 1 heterocycles. The van der Waals surface area contributed by atoms with Crippen molar-refractivity contribution < 1.29 is 5.11 Å². The molecule has 0 atom stereocenters. The lowest BCUT2D eigenvalue weighted by Crippen LogP contribution is -2.32. The first-order valence-corrected chi connectivity index (χ1v) is 7.94. The van der Waals surface area contributed by atoms with E-state index in [9.17, 15) is 14.7 Å². The normalized spacial score (nSPS) is 13.1. The standard InChI is InChI=1S/C19H12ClNO3/c1-2-13(22)16-14-9-5-3-4-6-10(9)18(23)11-7-8-12(20)17(15(11)14)21-19(16)24/h3-8,22H,2H2,1H3/b16-13+. The highest BCUT2D eigenvalue weighted by Gasteiger charge is 2.15. The van der Waals surface area contributed by atoms with Gasteiger partial charge in [0.05, 0.1) is 15.8 Å². The van der Waals surface area contributed by atoms with E-state index in [0.29, 0.717) is 43.6 Å². The molecule has 0 bridgehead atoms. The highest BCUT2D eigenvalue weighted by atomic mass is 35.5. The van der Waals surface area contributed by atoms with Crippen LogP contribution < -0.4 is 16.2 Å². The van der Waals surface area contributed by atoms with E-state index in [-0.39, 0.29) is 16.4 Å². The van der Waals surface area contributed by atoms with Gasteiger partial charge in [-0.05, 0) is 17.5 Å². The maximum Gasteiger partial charge on any atom is 0.281 e. The van der Waals surface area contributed by atoms with E-state index in [1.54, 1.807) is 43.3 Å². The summed E-state index contributed by atoms with van der Waals surface area (Å²) in [7, 11) is 0. The summed E-state index contributed by atoms with van der Waals surface area (Å²) in [6, 6.07) is 10.3. The van der Waals surface area contributed by atoms with Crippen LogP contribution in [-0.4, -0.2) is 10.1 Å². The molecule has 5 heteroatoms. The Kier molecular flexibility index (Phi) is 3.18. The predicted molar refractivity (Wildman–Crippen MR) is 94.8 cm³/mol. The van der Waals surface area contributed by atoms with Crippen LogP contribution in [0.2, 0.25) is 5.02 Å². The van der Waals surface area contributed by atoms with Gasteiger partial charge in [-0.25, -0.2) is 4.98 Å². The average Bonchev–Trinajstić information content (AvgIpc) is 2.60. The van der Waals surface area contributed by atoms with Crippen molar-refractivity contribution in [2.75, 3.05) is 0 Å². The summed E-state index contributed by atoms with van der Waals surface area (Å²) in [5, 5.41) is 13.4. The molecule has 0 fully saturated rings. The number of halogens is 1. The first-order valence-electron chi connectivity index (χ1n) is 7.57. The third kappa shape index (κ3) is 1.83. The number of aliphatic hydroxyl groups is 1. The van der Waals surface area contributed by atoms with Crippen LogP contribution >= 0.6 is 11.6 Å². The summed E-state index contributed by atoms with van der Waals surface area (Å²) < 4.78 is 0. The fourth-order valence-electron chi connectivity index (χ4n) is 3.26. The molecule has 4 rings (SSSR count). The van der Waals surface area contributed by atoms with E-state index in [1.165, 1.54) is 0 Å². The van der Waals surface area contributed by atoms with Crippen LogP contribution in [0.4, 0.5) is 0 Å². The van der Waals surface area contributed by atoms with E-state index in [0.717, 1.165) is 0 Å². The Labute approximate surface area is 140 Å². The molecule has 24 heavy (non-hydrogen) atoms. The number of hydrogen-bond acceptors (Lipinski definition) is 4. The molecule has 0 amide bonds. The van der Waals surface area contributed by atoms with Crippen LogP contribution in [0.25, 0.3) is 27.4 Å². The van der Waals surface area contributed by atoms with Crippen molar-refractivity contribution in [1.82, 2.24) is 4.98 Å².